The van der Waals surface area contributed by atoms with E-state index in [1.807, 2.05) is 54.6 Å². The molecule has 5 rings (SSSR count). The number of hydrogen-bond acceptors (Lipinski definition) is 4. The molecule has 3 N–H and O–H groups in total. The molecule has 2 amide bonds. The van der Waals surface area contributed by atoms with Gasteiger partial charge in [-0.25, -0.2) is 9.59 Å². The maximum atomic E-state index is 13.1. The number of nitrogens with one attached hydrogen (secondary N) is 2. The van der Waals surface area contributed by atoms with Crippen LogP contribution in [0.2, 0.25) is 0 Å². The molecule has 0 spiro atoms. The van der Waals surface area contributed by atoms with Crippen LogP contribution in [0.4, 0.5) is 4.79 Å². The molecule has 0 unspecified atom stereocenters. The van der Waals surface area contributed by atoms with Crippen LogP contribution in [0.1, 0.15) is 29.3 Å². The molecular weight excluding hydrogens is 398 g/mol. The maximum Gasteiger partial charge on any atom is 0.408 e. The first-order valence-corrected chi connectivity index (χ1v) is 10.1. The van der Waals surface area contributed by atoms with E-state index in [4.69, 9.17) is 4.74 Å². The molecule has 1 fully saturated rings. The summed E-state index contributed by atoms with van der Waals surface area (Å²) in [5, 5.41) is 13.4. The number of benzene rings is 2. The van der Waals surface area contributed by atoms with Crippen molar-refractivity contribution in [2.75, 3.05) is 0 Å². The molecule has 158 valence electrons. The molecule has 2 aliphatic heterocycles. The van der Waals surface area contributed by atoms with Crippen molar-refractivity contribution in [1.82, 2.24) is 15.2 Å². The van der Waals surface area contributed by atoms with Crippen molar-refractivity contribution < 1.29 is 24.2 Å². The minimum Gasteiger partial charge on any atom is -0.480 e. The van der Waals surface area contributed by atoms with Crippen LogP contribution in [0.5, 0.6) is 0 Å². The molecular formula is C23H21N3O5. The number of amides is 2. The zero-order chi connectivity index (χ0) is 21.5. The van der Waals surface area contributed by atoms with Crippen molar-refractivity contribution in [3.63, 3.8) is 0 Å². The van der Waals surface area contributed by atoms with Crippen LogP contribution in [-0.4, -0.2) is 45.0 Å². The molecule has 2 aromatic carbocycles. The lowest BCUT2D eigenvalue weighted by Crippen LogP contribution is -2.50. The lowest BCUT2D eigenvalue weighted by Gasteiger charge is -2.35. The molecule has 3 atom stereocenters. The number of carbonyl (C=O) groups excluding carboxylic acids is 2. The van der Waals surface area contributed by atoms with E-state index in [2.05, 4.69) is 10.3 Å². The molecule has 0 radical (unpaired) electrons. The van der Waals surface area contributed by atoms with Crippen molar-refractivity contribution >= 4 is 28.9 Å². The number of hydrogen-bond donors (Lipinski definition) is 3. The molecule has 3 aromatic rings. The number of carboxylic acid groups (broad SMARTS) is 1. The summed E-state index contributed by atoms with van der Waals surface area (Å²) in [4.78, 5) is 42.1. The summed E-state index contributed by atoms with van der Waals surface area (Å²) in [7, 11) is 0. The largest absolute Gasteiger partial charge is 0.480 e. The van der Waals surface area contributed by atoms with Crippen LogP contribution in [0.15, 0.2) is 54.6 Å². The second-order valence-electron chi connectivity index (χ2n) is 7.88. The van der Waals surface area contributed by atoms with E-state index >= 15 is 0 Å². The molecule has 0 aliphatic carbocycles. The summed E-state index contributed by atoms with van der Waals surface area (Å²) in [6.45, 7) is 0.0879. The fourth-order valence-corrected chi connectivity index (χ4v) is 4.65. The number of carbonyl (C=O) groups is 3. The number of aromatic amines is 1. The number of para-hydroxylation sites is 1. The zero-order valence-electron chi connectivity index (χ0n) is 16.6. The van der Waals surface area contributed by atoms with Crippen molar-refractivity contribution in [3.8, 4) is 0 Å². The highest BCUT2D eigenvalue weighted by atomic mass is 16.5. The van der Waals surface area contributed by atoms with E-state index in [1.165, 1.54) is 4.90 Å². The normalized spacial score (nSPS) is 22.1. The maximum absolute atomic E-state index is 13.1. The minimum atomic E-state index is -1.05. The predicted molar refractivity (Wildman–Crippen MR) is 111 cm³/mol. The lowest BCUT2D eigenvalue weighted by atomic mass is 9.92. The van der Waals surface area contributed by atoms with Gasteiger partial charge in [-0.1, -0.05) is 48.5 Å². The molecule has 8 nitrogen and oxygen atoms in total. The molecule has 2 aliphatic rings. The van der Waals surface area contributed by atoms with Gasteiger partial charge in [0.1, 0.15) is 18.7 Å². The molecule has 1 aromatic heterocycles. The third kappa shape index (κ3) is 3.30. The summed E-state index contributed by atoms with van der Waals surface area (Å²) >= 11 is 0. The monoisotopic (exact) mass is 419 g/mol. The number of nitrogens with zero attached hydrogens (tertiary/aromatic N) is 1. The van der Waals surface area contributed by atoms with Gasteiger partial charge in [0, 0.05) is 29.4 Å². The third-order valence-electron chi connectivity index (χ3n) is 6.05. The average Bonchev–Trinajstić information content (AvgIpc) is 3.30. The van der Waals surface area contributed by atoms with Crippen LogP contribution in [0.25, 0.3) is 10.9 Å². The average molecular weight is 419 g/mol. The summed E-state index contributed by atoms with van der Waals surface area (Å²) < 4.78 is 5.24. The van der Waals surface area contributed by atoms with Crippen LogP contribution in [0, 0.1) is 0 Å². The Kier molecular flexibility index (Phi) is 4.62. The molecule has 31 heavy (non-hydrogen) atoms. The SMILES string of the molecule is O=C(N[C@H]1C[C@@H]2c3[nH]c4ccccc4c3C[C@@H](C(=O)O)N2C1=O)OCc1ccccc1. The van der Waals surface area contributed by atoms with Gasteiger partial charge >= 0.3 is 12.1 Å². The summed E-state index contributed by atoms with van der Waals surface area (Å²) in [6.07, 6.45) is -0.198. The molecule has 0 bridgehead atoms. The second kappa shape index (κ2) is 7.46. The number of aromatic nitrogens is 1. The minimum absolute atomic E-state index is 0.0879. The number of fused-ring (bicyclic) bond motifs is 5. The van der Waals surface area contributed by atoms with E-state index in [9.17, 15) is 19.5 Å². The number of carboxylic acids is 1. The number of ether oxygens (including phenoxy) is 1. The van der Waals surface area contributed by atoms with E-state index in [0.29, 0.717) is 0 Å². The summed E-state index contributed by atoms with van der Waals surface area (Å²) in [5.41, 5.74) is 3.50. The van der Waals surface area contributed by atoms with E-state index < -0.39 is 36.1 Å². The van der Waals surface area contributed by atoms with Gasteiger partial charge in [-0.3, -0.25) is 4.79 Å². The highest BCUT2D eigenvalue weighted by Gasteiger charge is 2.50. The van der Waals surface area contributed by atoms with Gasteiger partial charge in [-0.2, -0.15) is 0 Å². The Bertz CT molecular complexity index is 1170. The third-order valence-corrected chi connectivity index (χ3v) is 6.05. The van der Waals surface area contributed by atoms with Crippen LogP contribution >= 0.6 is 0 Å². The first kappa shape index (κ1) is 19.2. The molecule has 8 heteroatoms. The molecule has 1 saturated heterocycles. The topological polar surface area (TPSA) is 112 Å². The van der Waals surface area contributed by atoms with Crippen molar-refractivity contribution in [2.24, 2.45) is 0 Å². The number of rotatable bonds is 4. The first-order valence-electron chi connectivity index (χ1n) is 10.1. The predicted octanol–water partition coefficient (Wildman–Crippen LogP) is 2.75. The Labute approximate surface area is 177 Å². The Morgan fingerprint density at radius 1 is 1.13 bits per heavy atom. The highest BCUT2D eigenvalue weighted by Crippen LogP contribution is 2.43. The van der Waals surface area contributed by atoms with Gasteiger partial charge in [0.05, 0.1) is 6.04 Å². The van der Waals surface area contributed by atoms with Gasteiger partial charge in [-0.05, 0) is 17.2 Å². The zero-order valence-corrected chi connectivity index (χ0v) is 16.6. The van der Waals surface area contributed by atoms with Gasteiger partial charge in [0.15, 0.2) is 0 Å². The Morgan fingerprint density at radius 2 is 1.87 bits per heavy atom. The first-order chi connectivity index (χ1) is 15.0. The smallest absolute Gasteiger partial charge is 0.408 e. The van der Waals surface area contributed by atoms with E-state index in [1.54, 1.807) is 0 Å². The van der Waals surface area contributed by atoms with Gasteiger partial charge < -0.3 is 25.0 Å². The fourth-order valence-electron chi connectivity index (χ4n) is 4.65. The standard InChI is InChI=1S/C23H21N3O5/c27-21-17(25-23(30)31-12-13-6-2-1-3-7-13)11-18-20-15(10-19(22(28)29)26(18)21)14-8-4-5-9-16(14)24-20/h1-9,17-19,24H,10-12H2,(H,25,30)(H,28,29)/t17-,18+,19-/m0/s1. The quantitative estimate of drug-likeness (QED) is 0.602. The summed E-state index contributed by atoms with van der Waals surface area (Å²) in [5.74, 6) is -1.46. The van der Waals surface area contributed by atoms with Crippen molar-refractivity contribution in [3.05, 3.63) is 71.4 Å². The molecule has 3 heterocycles. The van der Waals surface area contributed by atoms with Crippen molar-refractivity contribution in [1.29, 1.82) is 0 Å². The van der Waals surface area contributed by atoms with E-state index in [-0.39, 0.29) is 19.4 Å². The second-order valence-corrected chi connectivity index (χ2v) is 7.88. The van der Waals surface area contributed by atoms with E-state index in [0.717, 1.165) is 27.7 Å². The molecule has 0 saturated carbocycles. The Hall–Kier alpha value is -3.81. The van der Waals surface area contributed by atoms with Crippen LogP contribution in [-0.2, 0) is 27.4 Å². The van der Waals surface area contributed by atoms with Gasteiger partial charge in [0.25, 0.3) is 0 Å². The van der Waals surface area contributed by atoms with Gasteiger partial charge in [0.2, 0.25) is 5.91 Å². The highest BCUT2D eigenvalue weighted by molar-refractivity contribution is 5.94. The van der Waals surface area contributed by atoms with Gasteiger partial charge in [-0.15, -0.1) is 0 Å². The number of aliphatic carboxylic acids is 1. The number of alkyl carbamates (subject to hydrolysis) is 1. The Balaban J connectivity index is 1.38. The lowest BCUT2D eigenvalue weighted by molar-refractivity contribution is -0.150. The fraction of sp³-hybridized carbons (Fsp3) is 0.261. The van der Waals surface area contributed by atoms with Crippen LogP contribution in [0.3, 0.4) is 0 Å². The van der Waals surface area contributed by atoms with Crippen molar-refractivity contribution in [2.45, 2.75) is 37.6 Å². The van der Waals surface area contributed by atoms with Crippen LogP contribution < -0.4 is 5.32 Å². The summed E-state index contributed by atoms with van der Waals surface area (Å²) in [6, 6.07) is 14.7. The Morgan fingerprint density at radius 3 is 2.65 bits per heavy atom. The number of H-pyrrole nitrogens is 1.